The van der Waals surface area contributed by atoms with Crippen LogP contribution in [0, 0.1) is 0 Å². The van der Waals surface area contributed by atoms with Gasteiger partial charge in [-0.2, -0.15) is 0 Å². The van der Waals surface area contributed by atoms with Gasteiger partial charge in [0.25, 0.3) is 0 Å². The van der Waals surface area contributed by atoms with Gasteiger partial charge >= 0.3 is 6.03 Å². The molecule has 2 heterocycles. The average molecular weight is 247 g/mol. The van der Waals surface area contributed by atoms with E-state index >= 15 is 0 Å². The number of allylic oxidation sites excluding steroid dienone is 1. The lowest BCUT2D eigenvalue weighted by Crippen LogP contribution is -2.51. The topological polar surface area (TPSA) is 61.4 Å². The van der Waals surface area contributed by atoms with E-state index in [2.05, 4.69) is 20.2 Å². The first-order valence-corrected chi connectivity index (χ1v) is 6.00. The molecule has 96 valence electrons. The van der Waals surface area contributed by atoms with Gasteiger partial charge in [-0.1, -0.05) is 6.08 Å². The van der Waals surface area contributed by atoms with Crippen LogP contribution in [-0.2, 0) is 0 Å². The molecule has 6 heteroatoms. The van der Waals surface area contributed by atoms with Crippen molar-refractivity contribution in [2.45, 2.75) is 6.92 Å². The van der Waals surface area contributed by atoms with E-state index in [1.54, 1.807) is 35.6 Å². The molecule has 1 saturated heterocycles. The first-order chi connectivity index (χ1) is 8.81. The molecule has 1 fully saturated rings. The summed E-state index contributed by atoms with van der Waals surface area (Å²) in [6, 6.07) is 1.74. The predicted octanol–water partition coefficient (Wildman–Crippen LogP) is 0.842. The van der Waals surface area contributed by atoms with E-state index in [1.807, 2.05) is 6.92 Å². The largest absolute Gasteiger partial charge is 0.337 e. The van der Waals surface area contributed by atoms with Gasteiger partial charge in [0.2, 0.25) is 5.95 Å². The number of urea groups is 1. The molecule has 18 heavy (non-hydrogen) atoms. The van der Waals surface area contributed by atoms with Crippen LogP contribution in [0.25, 0.3) is 0 Å². The van der Waals surface area contributed by atoms with Gasteiger partial charge in [0.1, 0.15) is 0 Å². The number of aromatic nitrogens is 2. The highest BCUT2D eigenvalue weighted by molar-refractivity contribution is 5.75. The van der Waals surface area contributed by atoms with Crippen LogP contribution >= 0.6 is 0 Å². The highest BCUT2D eigenvalue weighted by Crippen LogP contribution is 2.09. The Kier molecular flexibility index (Phi) is 4.11. The first-order valence-electron chi connectivity index (χ1n) is 6.00. The molecule has 0 unspecified atom stereocenters. The van der Waals surface area contributed by atoms with E-state index in [1.165, 1.54) is 0 Å². The molecule has 0 spiro atoms. The Hall–Kier alpha value is -2.11. The highest BCUT2D eigenvalue weighted by Gasteiger charge is 2.21. The standard InChI is InChI=1S/C12H17N5O/c1-2-4-15-12(18)17-9-7-16(8-10-17)11-13-5-3-6-14-11/h2-6H,7-10H2,1H3,(H,15,18)/b4-2+. The molecule has 1 aromatic heterocycles. The molecule has 1 N–H and O–H groups in total. The van der Waals surface area contributed by atoms with Crippen molar-refractivity contribution >= 4 is 12.0 Å². The van der Waals surface area contributed by atoms with E-state index in [9.17, 15) is 4.79 Å². The Balaban J connectivity index is 1.86. The summed E-state index contributed by atoms with van der Waals surface area (Å²) in [7, 11) is 0. The Morgan fingerprint density at radius 1 is 1.28 bits per heavy atom. The van der Waals surface area contributed by atoms with Gasteiger partial charge in [-0.3, -0.25) is 0 Å². The van der Waals surface area contributed by atoms with Gasteiger partial charge in [-0.05, 0) is 13.0 Å². The van der Waals surface area contributed by atoms with Crippen molar-refractivity contribution in [1.82, 2.24) is 20.2 Å². The molecule has 6 nitrogen and oxygen atoms in total. The number of rotatable bonds is 2. The van der Waals surface area contributed by atoms with E-state index in [-0.39, 0.29) is 6.03 Å². The molecular formula is C12H17N5O. The second-order valence-corrected chi connectivity index (χ2v) is 3.97. The molecule has 0 saturated carbocycles. The molecule has 0 radical (unpaired) electrons. The summed E-state index contributed by atoms with van der Waals surface area (Å²) in [5.74, 6) is 0.728. The Morgan fingerprint density at radius 2 is 1.94 bits per heavy atom. The van der Waals surface area contributed by atoms with Gasteiger partial charge < -0.3 is 15.1 Å². The summed E-state index contributed by atoms with van der Waals surface area (Å²) < 4.78 is 0. The number of carbonyl (C=O) groups excluding carboxylic acids is 1. The number of carbonyl (C=O) groups is 1. The van der Waals surface area contributed by atoms with Gasteiger partial charge in [-0.15, -0.1) is 0 Å². The molecule has 0 atom stereocenters. The predicted molar refractivity (Wildman–Crippen MR) is 69.2 cm³/mol. The number of nitrogens with zero attached hydrogens (tertiary/aromatic N) is 4. The number of nitrogens with one attached hydrogen (secondary N) is 1. The molecule has 1 aliphatic heterocycles. The van der Waals surface area contributed by atoms with E-state index in [0.717, 1.165) is 19.0 Å². The summed E-state index contributed by atoms with van der Waals surface area (Å²) in [6.07, 6.45) is 6.90. The van der Waals surface area contributed by atoms with E-state index in [0.29, 0.717) is 13.1 Å². The summed E-state index contributed by atoms with van der Waals surface area (Å²) in [4.78, 5) is 24.0. The normalized spacial score (nSPS) is 16.1. The number of hydrogen-bond donors (Lipinski definition) is 1. The van der Waals surface area contributed by atoms with Crippen molar-refractivity contribution in [2.75, 3.05) is 31.1 Å². The second-order valence-electron chi connectivity index (χ2n) is 3.97. The lowest BCUT2D eigenvalue weighted by Gasteiger charge is -2.34. The summed E-state index contributed by atoms with van der Waals surface area (Å²) in [5, 5.41) is 2.71. The lowest BCUT2D eigenvalue weighted by molar-refractivity contribution is 0.198. The summed E-state index contributed by atoms with van der Waals surface area (Å²) >= 11 is 0. The van der Waals surface area contributed by atoms with Crippen LogP contribution in [0.1, 0.15) is 6.92 Å². The SMILES string of the molecule is C/C=C/NC(=O)N1CCN(c2ncccn2)CC1. The van der Waals surface area contributed by atoms with E-state index < -0.39 is 0 Å². The van der Waals surface area contributed by atoms with Crippen LogP contribution in [0.15, 0.2) is 30.7 Å². The number of amides is 2. The lowest BCUT2D eigenvalue weighted by atomic mass is 10.3. The minimum atomic E-state index is -0.0540. The third-order valence-corrected chi connectivity index (χ3v) is 2.78. The highest BCUT2D eigenvalue weighted by atomic mass is 16.2. The Labute approximate surface area is 106 Å². The van der Waals surface area contributed by atoms with Crippen LogP contribution < -0.4 is 10.2 Å². The summed E-state index contributed by atoms with van der Waals surface area (Å²) in [5.41, 5.74) is 0. The molecule has 0 aliphatic carbocycles. The fourth-order valence-electron chi connectivity index (χ4n) is 1.81. The first kappa shape index (κ1) is 12.3. The third-order valence-electron chi connectivity index (χ3n) is 2.78. The van der Waals surface area contributed by atoms with Crippen LogP contribution in [0.3, 0.4) is 0 Å². The molecular weight excluding hydrogens is 230 g/mol. The van der Waals surface area contributed by atoms with Gasteiger partial charge in [0.15, 0.2) is 0 Å². The van der Waals surface area contributed by atoms with Crippen molar-refractivity contribution in [3.05, 3.63) is 30.7 Å². The molecule has 2 amide bonds. The minimum Gasteiger partial charge on any atom is -0.337 e. The maximum Gasteiger partial charge on any atom is 0.321 e. The minimum absolute atomic E-state index is 0.0540. The van der Waals surface area contributed by atoms with Gasteiger partial charge in [0.05, 0.1) is 0 Å². The maximum atomic E-state index is 11.7. The monoisotopic (exact) mass is 247 g/mol. The molecule has 2 rings (SSSR count). The van der Waals surface area contributed by atoms with Crippen molar-refractivity contribution in [2.24, 2.45) is 0 Å². The molecule has 0 bridgehead atoms. The second kappa shape index (κ2) is 6.00. The molecule has 1 aliphatic rings. The molecule has 0 aromatic carbocycles. The van der Waals surface area contributed by atoms with Crippen molar-refractivity contribution in [1.29, 1.82) is 0 Å². The zero-order valence-corrected chi connectivity index (χ0v) is 10.4. The van der Waals surface area contributed by atoms with E-state index in [4.69, 9.17) is 0 Å². The number of hydrogen-bond acceptors (Lipinski definition) is 4. The zero-order chi connectivity index (χ0) is 12.8. The fourth-order valence-corrected chi connectivity index (χ4v) is 1.81. The number of anilines is 1. The zero-order valence-electron chi connectivity index (χ0n) is 10.4. The van der Waals surface area contributed by atoms with Crippen LogP contribution in [0.2, 0.25) is 0 Å². The van der Waals surface area contributed by atoms with Crippen molar-refractivity contribution < 1.29 is 4.79 Å². The van der Waals surface area contributed by atoms with Crippen molar-refractivity contribution in [3.63, 3.8) is 0 Å². The van der Waals surface area contributed by atoms with Crippen LogP contribution in [-0.4, -0.2) is 47.1 Å². The van der Waals surface area contributed by atoms with Gasteiger partial charge in [-0.25, -0.2) is 14.8 Å². The Bertz CT molecular complexity index is 412. The third kappa shape index (κ3) is 2.97. The van der Waals surface area contributed by atoms with Crippen LogP contribution in [0.4, 0.5) is 10.7 Å². The average Bonchev–Trinajstić information content (AvgIpc) is 2.46. The maximum absolute atomic E-state index is 11.7. The quantitative estimate of drug-likeness (QED) is 0.841. The Morgan fingerprint density at radius 3 is 2.56 bits per heavy atom. The molecule has 1 aromatic rings. The fraction of sp³-hybridized carbons (Fsp3) is 0.417. The van der Waals surface area contributed by atoms with Gasteiger partial charge in [0, 0.05) is 44.8 Å². The summed E-state index contributed by atoms with van der Waals surface area (Å²) in [6.45, 7) is 4.74. The van der Waals surface area contributed by atoms with Crippen molar-refractivity contribution in [3.8, 4) is 0 Å². The number of piperazine rings is 1. The smallest absolute Gasteiger partial charge is 0.321 e. The van der Waals surface area contributed by atoms with Crippen LogP contribution in [0.5, 0.6) is 0 Å².